The van der Waals surface area contributed by atoms with Gasteiger partial charge in [0.15, 0.2) is 0 Å². The Morgan fingerprint density at radius 2 is 2.24 bits per heavy atom. The van der Waals surface area contributed by atoms with Gasteiger partial charge < -0.3 is 5.73 Å². The molecule has 2 nitrogen and oxygen atoms in total. The van der Waals surface area contributed by atoms with Crippen LogP contribution in [0, 0.1) is 12.7 Å². The molecule has 0 spiro atoms. The summed E-state index contributed by atoms with van der Waals surface area (Å²) in [5.74, 6) is 1.77. The molecule has 4 heteroatoms. The summed E-state index contributed by atoms with van der Waals surface area (Å²) in [4.78, 5) is 4.55. The lowest BCUT2D eigenvalue weighted by atomic mass is 10.0. The monoisotopic (exact) mass is 248 g/mol. The molecule has 3 rings (SSSR count). The molecule has 0 saturated carbocycles. The van der Waals surface area contributed by atoms with E-state index in [1.807, 2.05) is 11.8 Å². The van der Waals surface area contributed by atoms with Gasteiger partial charge in [0.2, 0.25) is 0 Å². The Bertz CT molecular complexity index is 610. The van der Waals surface area contributed by atoms with Gasteiger partial charge in [0.05, 0.1) is 5.52 Å². The van der Waals surface area contributed by atoms with E-state index in [2.05, 4.69) is 4.98 Å². The Morgan fingerprint density at radius 1 is 1.41 bits per heavy atom. The lowest BCUT2D eigenvalue weighted by Gasteiger charge is -2.18. The van der Waals surface area contributed by atoms with E-state index in [4.69, 9.17) is 5.73 Å². The highest BCUT2D eigenvalue weighted by Crippen LogP contribution is 2.33. The van der Waals surface area contributed by atoms with Gasteiger partial charge in [-0.15, -0.1) is 0 Å². The molecule has 2 heterocycles. The topological polar surface area (TPSA) is 38.9 Å². The molecule has 0 atom stereocenters. The van der Waals surface area contributed by atoms with Gasteiger partial charge in [-0.25, -0.2) is 4.39 Å². The molecule has 0 bridgehead atoms. The number of aryl methyl sites for hydroxylation is 2. The minimum absolute atomic E-state index is 0.213. The number of nitrogens with zero attached hydrogens (tertiary/aromatic N) is 1. The van der Waals surface area contributed by atoms with E-state index < -0.39 is 0 Å². The van der Waals surface area contributed by atoms with Crippen molar-refractivity contribution >= 4 is 28.4 Å². The first-order valence-corrected chi connectivity index (χ1v) is 6.77. The van der Waals surface area contributed by atoms with E-state index in [9.17, 15) is 4.39 Å². The first-order valence-electron chi connectivity index (χ1n) is 5.61. The van der Waals surface area contributed by atoms with Crippen LogP contribution in [-0.2, 0) is 12.2 Å². The van der Waals surface area contributed by atoms with Crippen molar-refractivity contribution in [1.82, 2.24) is 4.98 Å². The number of halogens is 1. The van der Waals surface area contributed by atoms with Crippen LogP contribution in [0.3, 0.4) is 0 Å². The molecule has 0 fully saturated rings. The number of anilines is 1. The molecule has 1 aliphatic rings. The predicted molar refractivity (Wildman–Crippen MR) is 70.7 cm³/mol. The molecule has 88 valence electrons. The van der Waals surface area contributed by atoms with Gasteiger partial charge in [-0.3, -0.25) is 4.98 Å². The van der Waals surface area contributed by atoms with E-state index in [0.717, 1.165) is 40.3 Å². The number of thioether (sulfide) groups is 1. The molecule has 1 aliphatic heterocycles. The summed E-state index contributed by atoms with van der Waals surface area (Å²) in [6.45, 7) is 1.75. The number of hydrogen-bond donors (Lipinski definition) is 1. The van der Waals surface area contributed by atoms with E-state index in [1.54, 1.807) is 13.0 Å². The maximum absolute atomic E-state index is 13.5. The zero-order valence-corrected chi connectivity index (χ0v) is 10.4. The maximum atomic E-state index is 13.5. The molecule has 0 amide bonds. The predicted octanol–water partition coefficient (Wildman–Crippen LogP) is 3.05. The number of aromatic nitrogens is 1. The highest BCUT2D eigenvalue weighted by atomic mass is 32.2. The maximum Gasteiger partial charge on any atom is 0.128 e. The van der Waals surface area contributed by atoms with Crippen molar-refractivity contribution in [2.45, 2.75) is 19.1 Å². The third-order valence-corrected chi connectivity index (χ3v) is 4.21. The summed E-state index contributed by atoms with van der Waals surface area (Å²) in [5, 5.41) is 0.880. The summed E-state index contributed by atoms with van der Waals surface area (Å²) in [6.07, 6.45) is 0.926. The summed E-state index contributed by atoms with van der Waals surface area (Å²) >= 11 is 1.87. The van der Waals surface area contributed by atoms with E-state index >= 15 is 0 Å². The Morgan fingerprint density at radius 3 is 3.06 bits per heavy atom. The second-order valence-corrected chi connectivity index (χ2v) is 5.48. The third kappa shape index (κ3) is 1.67. The Hall–Kier alpha value is -1.29. The van der Waals surface area contributed by atoms with E-state index in [-0.39, 0.29) is 5.82 Å². The molecule has 2 N–H and O–H groups in total. The van der Waals surface area contributed by atoms with E-state index in [0.29, 0.717) is 11.1 Å². The first kappa shape index (κ1) is 10.8. The zero-order chi connectivity index (χ0) is 12.0. The van der Waals surface area contributed by atoms with Gasteiger partial charge in [0.25, 0.3) is 0 Å². The summed E-state index contributed by atoms with van der Waals surface area (Å²) in [5.41, 5.74) is 10.4. The number of hydrogen-bond acceptors (Lipinski definition) is 3. The van der Waals surface area contributed by atoms with Crippen LogP contribution in [0.25, 0.3) is 10.9 Å². The van der Waals surface area contributed by atoms with Crippen LogP contribution < -0.4 is 5.73 Å². The lowest BCUT2D eigenvalue weighted by Crippen LogP contribution is -2.09. The quantitative estimate of drug-likeness (QED) is 0.778. The van der Waals surface area contributed by atoms with Crippen molar-refractivity contribution in [2.75, 3.05) is 11.5 Å². The van der Waals surface area contributed by atoms with Gasteiger partial charge in [-0.2, -0.15) is 11.8 Å². The fraction of sp³-hybridized carbons (Fsp3) is 0.308. The minimum atomic E-state index is -0.213. The SMILES string of the molecule is Cc1cc2c(N)c3c(nc2cc1F)CCSC3. The first-order chi connectivity index (χ1) is 8.16. The fourth-order valence-corrected chi connectivity index (χ4v) is 3.23. The Balaban J connectivity index is 2.36. The van der Waals surface area contributed by atoms with Gasteiger partial charge in [0.1, 0.15) is 5.82 Å². The lowest BCUT2D eigenvalue weighted by molar-refractivity contribution is 0.620. The second-order valence-electron chi connectivity index (χ2n) is 4.37. The normalized spacial score (nSPS) is 14.9. The number of benzene rings is 1. The van der Waals surface area contributed by atoms with Crippen LogP contribution >= 0.6 is 11.8 Å². The van der Waals surface area contributed by atoms with E-state index in [1.165, 1.54) is 6.07 Å². The molecule has 0 unspecified atom stereocenters. The minimum Gasteiger partial charge on any atom is -0.398 e. The van der Waals surface area contributed by atoms with Gasteiger partial charge in [0, 0.05) is 34.2 Å². The molecule has 0 saturated heterocycles. The largest absolute Gasteiger partial charge is 0.398 e. The molecular weight excluding hydrogens is 235 g/mol. The number of pyridine rings is 1. The fourth-order valence-electron chi connectivity index (χ4n) is 2.22. The molecule has 0 radical (unpaired) electrons. The summed E-state index contributed by atoms with van der Waals surface area (Å²) < 4.78 is 13.5. The van der Waals surface area contributed by atoms with Crippen LogP contribution in [-0.4, -0.2) is 10.7 Å². The number of nitrogen functional groups attached to an aromatic ring is 1. The van der Waals surface area contributed by atoms with Crippen molar-refractivity contribution in [3.63, 3.8) is 0 Å². The van der Waals surface area contributed by atoms with Crippen LogP contribution in [0.5, 0.6) is 0 Å². The van der Waals surface area contributed by atoms with Crippen molar-refractivity contribution in [3.05, 3.63) is 34.8 Å². The average Bonchev–Trinajstić information content (AvgIpc) is 2.32. The molecular formula is C13H13FN2S. The molecule has 1 aromatic carbocycles. The Kier molecular flexibility index (Phi) is 2.47. The highest BCUT2D eigenvalue weighted by Gasteiger charge is 2.17. The number of rotatable bonds is 0. The average molecular weight is 248 g/mol. The van der Waals surface area contributed by atoms with Crippen LogP contribution in [0.4, 0.5) is 10.1 Å². The highest BCUT2D eigenvalue weighted by molar-refractivity contribution is 7.98. The second kappa shape index (κ2) is 3.88. The van der Waals surface area contributed by atoms with Gasteiger partial charge in [-0.05, 0) is 30.7 Å². The standard InChI is InChI=1S/C13H13FN2S/c1-7-4-8-12(5-10(7)14)16-11-2-3-17-6-9(11)13(8)15/h4-5H,2-3,6H2,1H3,(H2,15,16). The van der Waals surface area contributed by atoms with Crippen molar-refractivity contribution in [1.29, 1.82) is 0 Å². The third-order valence-electron chi connectivity index (χ3n) is 3.23. The summed E-state index contributed by atoms with van der Waals surface area (Å²) in [6, 6.07) is 3.29. The van der Waals surface area contributed by atoms with Crippen LogP contribution in [0.2, 0.25) is 0 Å². The number of nitrogens with two attached hydrogens (primary N) is 1. The Labute approximate surface area is 103 Å². The van der Waals surface area contributed by atoms with Crippen LogP contribution in [0.15, 0.2) is 12.1 Å². The van der Waals surface area contributed by atoms with Gasteiger partial charge >= 0.3 is 0 Å². The van der Waals surface area contributed by atoms with Crippen molar-refractivity contribution in [2.24, 2.45) is 0 Å². The summed E-state index contributed by atoms with van der Waals surface area (Å²) in [7, 11) is 0. The smallest absolute Gasteiger partial charge is 0.128 e. The van der Waals surface area contributed by atoms with Crippen molar-refractivity contribution in [3.8, 4) is 0 Å². The number of fused-ring (bicyclic) bond motifs is 2. The molecule has 2 aromatic rings. The van der Waals surface area contributed by atoms with Gasteiger partial charge in [-0.1, -0.05) is 0 Å². The molecule has 1 aromatic heterocycles. The molecule has 0 aliphatic carbocycles. The zero-order valence-electron chi connectivity index (χ0n) is 9.59. The van der Waals surface area contributed by atoms with Crippen molar-refractivity contribution < 1.29 is 4.39 Å². The van der Waals surface area contributed by atoms with Crippen LogP contribution in [0.1, 0.15) is 16.8 Å². The molecule has 17 heavy (non-hydrogen) atoms.